The number of benzene rings is 1. The molecule has 1 saturated heterocycles. The van der Waals surface area contributed by atoms with Crippen molar-refractivity contribution in [2.24, 2.45) is 0 Å². The summed E-state index contributed by atoms with van der Waals surface area (Å²) in [5.41, 5.74) is 1.45. The molecule has 1 aliphatic rings. The predicted molar refractivity (Wildman–Crippen MR) is 75.4 cm³/mol. The number of halogens is 2. The lowest BCUT2D eigenvalue weighted by atomic mass is 10.2. The molecule has 1 aromatic rings. The second-order valence-electron chi connectivity index (χ2n) is 4.58. The van der Waals surface area contributed by atoms with E-state index in [1.807, 2.05) is 30.9 Å². The van der Waals surface area contributed by atoms with Gasteiger partial charge < -0.3 is 15.0 Å². The van der Waals surface area contributed by atoms with E-state index in [-0.39, 0.29) is 30.4 Å². The average Bonchev–Trinajstić information content (AvgIpc) is 2.27. The molecule has 0 aromatic heterocycles. The van der Waals surface area contributed by atoms with Crippen LogP contribution in [0.2, 0.25) is 0 Å². The van der Waals surface area contributed by atoms with Gasteiger partial charge >= 0.3 is 0 Å². The van der Waals surface area contributed by atoms with Gasteiger partial charge in [-0.3, -0.25) is 0 Å². The number of ether oxygens (including phenoxy) is 1. The van der Waals surface area contributed by atoms with Crippen LogP contribution in [0.25, 0.3) is 0 Å². The van der Waals surface area contributed by atoms with Crippen molar-refractivity contribution in [1.29, 1.82) is 0 Å². The lowest BCUT2D eigenvalue weighted by Crippen LogP contribution is -2.45. The van der Waals surface area contributed by atoms with Gasteiger partial charge in [-0.2, -0.15) is 0 Å². The van der Waals surface area contributed by atoms with E-state index >= 15 is 0 Å². The van der Waals surface area contributed by atoms with Crippen molar-refractivity contribution in [3.8, 4) is 0 Å². The third kappa shape index (κ3) is 3.27. The second kappa shape index (κ2) is 6.25. The van der Waals surface area contributed by atoms with E-state index in [9.17, 15) is 4.39 Å². The summed E-state index contributed by atoms with van der Waals surface area (Å²) in [6.45, 7) is 5.51. The summed E-state index contributed by atoms with van der Waals surface area (Å²) in [4.78, 5) is 2.05. The number of rotatable bonds is 2. The first-order valence-corrected chi connectivity index (χ1v) is 5.98. The quantitative estimate of drug-likeness (QED) is 0.897. The van der Waals surface area contributed by atoms with Gasteiger partial charge in [0.05, 0.1) is 17.9 Å². The van der Waals surface area contributed by atoms with Gasteiger partial charge in [0.2, 0.25) is 0 Å². The molecule has 1 heterocycles. The van der Waals surface area contributed by atoms with E-state index in [0.29, 0.717) is 5.69 Å². The molecular formula is C13H20ClFN2O. The van der Waals surface area contributed by atoms with Crippen molar-refractivity contribution in [2.45, 2.75) is 26.1 Å². The van der Waals surface area contributed by atoms with Crippen LogP contribution in [-0.4, -0.2) is 32.3 Å². The van der Waals surface area contributed by atoms with Crippen LogP contribution in [0.15, 0.2) is 18.2 Å². The fraction of sp³-hybridized carbons (Fsp3) is 0.538. The van der Waals surface area contributed by atoms with Crippen LogP contribution < -0.4 is 10.2 Å². The summed E-state index contributed by atoms with van der Waals surface area (Å²) in [6.07, 6.45) is 0.282. The highest BCUT2D eigenvalue weighted by Gasteiger charge is 2.24. The fourth-order valence-electron chi connectivity index (χ4n) is 2.29. The normalized spacial score (nSPS) is 23.4. The maximum absolute atomic E-state index is 14.0. The van der Waals surface area contributed by atoms with Gasteiger partial charge in [-0.1, -0.05) is 0 Å². The summed E-state index contributed by atoms with van der Waals surface area (Å²) in [5.74, 6) is -0.182. The number of hydrogen-bond acceptors (Lipinski definition) is 3. The summed E-state index contributed by atoms with van der Waals surface area (Å²) >= 11 is 0. The maximum atomic E-state index is 14.0. The number of nitrogens with one attached hydrogen (secondary N) is 1. The van der Waals surface area contributed by atoms with Gasteiger partial charge in [0, 0.05) is 25.8 Å². The number of anilines is 2. The Bertz CT molecular complexity index is 393. The molecule has 1 N–H and O–H groups in total. The van der Waals surface area contributed by atoms with Gasteiger partial charge in [-0.15, -0.1) is 12.4 Å². The van der Waals surface area contributed by atoms with E-state index in [0.717, 1.165) is 18.8 Å². The zero-order valence-electron chi connectivity index (χ0n) is 10.9. The highest BCUT2D eigenvalue weighted by molar-refractivity contribution is 5.85. The van der Waals surface area contributed by atoms with Crippen molar-refractivity contribution in [1.82, 2.24) is 0 Å². The molecule has 102 valence electrons. The topological polar surface area (TPSA) is 24.5 Å². The molecule has 18 heavy (non-hydrogen) atoms. The summed E-state index contributed by atoms with van der Waals surface area (Å²) in [5, 5.41) is 2.93. The maximum Gasteiger partial charge on any atom is 0.148 e. The van der Waals surface area contributed by atoms with E-state index in [1.165, 1.54) is 6.07 Å². The smallest absolute Gasteiger partial charge is 0.148 e. The van der Waals surface area contributed by atoms with Crippen LogP contribution in [0.5, 0.6) is 0 Å². The van der Waals surface area contributed by atoms with Crippen LogP contribution in [0.1, 0.15) is 13.8 Å². The van der Waals surface area contributed by atoms with E-state index in [4.69, 9.17) is 4.74 Å². The molecule has 0 radical (unpaired) electrons. The Balaban J connectivity index is 0.00000162. The third-order valence-electron chi connectivity index (χ3n) is 3.00. The zero-order valence-corrected chi connectivity index (χ0v) is 11.8. The number of nitrogens with zero attached hydrogens (tertiary/aromatic N) is 1. The molecule has 3 nitrogen and oxygen atoms in total. The number of hydrogen-bond donors (Lipinski definition) is 1. The van der Waals surface area contributed by atoms with Crippen molar-refractivity contribution in [2.75, 3.05) is 30.4 Å². The predicted octanol–water partition coefficient (Wildman–Crippen LogP) is 2.90. The Morgan fingerprint density at radius 2 is 1.89 bits per heavy atom. The average molecular weight is 275 g/mol. The van der Waals surface area contributed by atoms with Crippen LogP contribution in [0.3, 0.4) is 0 Å². The highest BCUT2D eigenvalue weighted by atomic mass is 35.5. The first-order valence-electron chi connectivity index (χ1n) is 5.98. The molecule has 1 fully saturated rings. The molecule has 1 aliphatic heterocycles. The van der Waals surface area contributed by atoms with Gasteiger partial charge in [0.15, 0.2) is 0 Å². The summed E-state index contributed by atoms with van der Waals surface area (Å²) in [7, 11) is 1.79. The Kier molecular flexibility index (Phi) is 5.23. The molecule has 0 bridgehead atoms. The minimum atomic E-state index is -0.182. The van der Waals surface area contributed by atoms with E-state index in [1.54, 1.807) is 7.05 Å². The molecular weight excluding hydrogens is 255 g/mol. The van der Waals surface area contributed by atoms with E-state index < -0.39 is 0 Å². The Hall–Kier alpha value is -1.00. The van der Waals surface area contributed by atoms with Gasteiger partial charge in [0.1, 0.15) is 5.82 Å². The largest absolute Gasteiger partial charge is 0.388 e. The molecule has 1 aromatic carbocycles. The van der Waals surface area contributed by atoms with Gasteiger partial charge in [-0.25, -0.2) is 4.39 Å². The standard InChI is InChI=1S/C13H19FN2O.ClH/c1-9-7-16(8-10(2)17-9)13-5-4-11(15-3)6-12(13)14;/h4-6,9-10,15H,7-8H2,1-3H3;1H. The van der Waals surface area contributed by atoms with Gasteiger partial charge in [-0.05, 0) is 32.0 Å². The first kappa shape index (κ1) is 15.1. The Labute approximate surface area is 114 Å². The van der Waals surface area contributed by atoms with Crippen molar-refractivity contribution >= 4 is 23.8 Å². The molecule has 5 heteroatoms. The van der Waals surface area contributed by atoms with Crippen molar-refractivity contribution in [3.05, 3.63) is 24.0 Å². The fourth-order valence-corrected chi connectivity index (χ4v) is 2.29. The van der Waals surface area contributed by atoms with Crippen molar-refractivity contribution in [3.63, 3.8) is 0 Å². The lowest BCUT2D eigenvalue weighted by Gasteiger charge is -2.37. The molecule has 2 unspecified atom stereocenters. The van der Waals surface area contributed by atoms with Gasteiger partial charge in [0.25, 0.3) is 0 Å². The molecule has 0 saturated carbocycles. The monoisotopic (exact) mass is 274 g/mol. The Morgan fingerprint density at radius 3 is 2.39 bits per heavy atom. The van der Waals surface area contributed by atoms with Crippen molar-refractivity contribution < 1.29 is 9.13 Å². The minimum absolute atomic E-state index is 0. The Morgan fingerprint density at radius 1 is 1.28 bits per heavy atom. The van der Waals surface area contributed by atoms with Crippen LogP contribution >= 0.6 is 12.4 Å². The minimum Gasteiger partial charge on any atom is -0.388 e. The summed E-state index contributed by atoms with van der Waals surface area (Å²) in [6, 6.07) is 5.25. The second-order valence-corrected chi connectivity index (χ2v) is 4.58. The lowest BCUT2D eigenvalue weighted by molar-refractivity contribution is -0.00539. The van der Waals surface area contributed by atoms with Crippen LogP contribution in [0.4, 0.5) is 15.8 Å². The summed E-state index contributed by atoms with van der Waals surface area (Å²) < 4.78 is 19.6. The SMILES string of the molecule is CNc1ccc(N2CC(C)OC(C)C2)c(F)c1.Cl. The highest BCUT2D eigenvalue weighted by Crippen LogP contribution is 2.25. The first-order chi connectivity index (χ1) is 8.10. The molecule has 0 aliphatic carbocycles. The van der Waals surface area contributed by atoms with Crippen LogP contribution in [-0.2, 0) is 4.74 Å². The molecule has 0 amide bonds. The molecule has 0 spiro atoms. The molecule has 2 atom stereocenters. The van der Waals surface area contributed by atoms with E-state index in [2.05, 4.69) is 5.32 Å². The third-order valence-corrected chi connectivity index (χ3v) is 3.00. The van der Waals surface area contributed by atoms with Crippen LogP contribution in [0, 0.1) is 5.82 Å². The molecule has 2 rings (SSSR count). The zero-order chi connectivity index (χ0) is 12.4. The number of morpholine rings is 1.